The van der Waals surface area contributed by atoms with Gasteiger partial charge in [0.2, 0.25) is 5.91 Å². The first-order valence-corrected chi connectivity index (χ1v) is 7.67. The Hall–Kier alpha value is -0.570. The summed E-state index contributed by atoms with van der Waals surface area (Å²) in [6.07, 6.45) is 7.17. The summed E-state index contributed by atoms with van der Waals surface area (Å²) in [7, 11) is 0. The number of rotatable bonds is 1. The maximum Gasteiger partial charge on any atom is 0.226 e. The topological polar surface area (TPSA) is 40.5 Å². The summed E-state index contributed by atoms with van der Waals surface area (Å²) in [5, 5.41) is 9.61. The van der Waals surface area contributed by atoms with Crippen molar-refractivity contribution in [3.8, 4) is 0 Å². The van der Waals surface area contributed by atoms with Crippen LogP contribution >= 0.6 is 0 Å². The van der Waals surface area contributed by atoms with E-state index in [4.69, 9.17) is 0 Å². The van der Waals surface area contributed by atoms with Crippen molar-refractivity contribution in [3.63, 3.8) is 0 Å². The molecule has 18 heavy (non-hydrogen) atoms. The van der Waals surface area contributed by atoms with Crippen LogP contribution in [-0.2, 0) is 4.79 Å². The first kappa shape index (κ1) is 11.3. The molecule has 0 spiro atoms. The van der Waals surface area contributed by atoms with E-state index in [0.717, 1.165) is 24.8 Å². The second-order valence-corrected chi connectivity index (χ2v) is 7.18. The molecule has 4 saturated carbocycles. The van der Waals surface area contributed by atoms with Crippen LogP contribution in [0.3, 0.4) is 0 Å². The number of nitrogens with zero attached hydrogens (tertiary/aromatic N) is 1. The number of amides is 1. The fourth-order valence-electron chi connectivity index (χ4n) is 5.48. The van der Waals surface area contributed by atoms with Gasteiger partial charge in [0.05, 0.1) is 6.10 Å². The minimum atomic E-state index is -0.272. The molecule has 0 unspecified atom stereocenters. The van der Waals surface area contributed by atoms with Gasteiger partial charge in [0.1, 0.15) is 0 Å². The van der Waals surface area contributed by atoms with Crippen LogP contribution in [0.4, 0.5) is 0 Å². The number of aliphatic hydroxyl groups excluding tert-OH is 1. The van der Waals surface area contributed by atoms with Crippen LogP contribution in [0.5, 0.6) is 0 Å². The molecule has 4 aliphatic carbocycles. The van der Waals surface area contributed by atoms with Gasteiger partial charge >= 0.3 is 0 Å². The Balaban J connectivity index is 1.52. The van der Waals surface area contributed by atoms with Crippen LogP contribution in [0.15, 0.2) is 0 Å². The molecule has 1 saturated heterocycles. The highest BCUT2D eigenvalue weighted by atomic mass is 16.3. The number of hydrogen-bond acceptors (Lipinski definition) is 2. The van der Waals surface area contributed by atoms with Crippen molar-refractivity contribution < 1.29 is 9.90 Å². The number of carbonyl (C=O) groups excluding carboxylic acids is 1. The van der Waals surface area contributed by atoms with Crippen molar-refractivity contribution in [1.29, 1.82) is 0 Å². The highest BCUT2D eigenvalue weighted by Gasteiger charge is 2.51. The molecule has 5 aliphatic rings. The fourth-order valence-corrected chi connectivity index (χ4v) is 5.48. The van der Waals surface area contributed by atoms with Crippen molar-refractivity contribution in [2.24, 2.45) is 29.6 Å². The van der Waals surface area contributed by atoms with Gasteiger partial charge in [-0.1, -0.05) is 0 Å². The molecule has 5 fully saturated rings. The summed E-state index contributed by atoms with van der Waals surface area (Å²) >= 11 is 0. The number of likely N-dealkylation sites (tertiary alicyclic amines) is 1. The Kier molecular flexibility index (Phi) is 2.48. The zero-order chi connectivity index (χ0) is 12.3. The van der Waals surface area contributed by atoms with Crippen LogP contribution in [0.2, 0.25) is 0 Å². The Morgan fingerprint density at radius 1 is 1.00 bits per heavy atom. The molecule has 1 amide bonds. The molecule has 4 bridgehead atoms. The summed E-state index contributed by atoms with van der Waals surface area (Å²) in [5.41, 5.74) is 0. The number of aliphatic hydroxyl groups is 1. The molecule has 0 aromatic heterocycles. The van der Waals surface area contributed by atoms with Gasteiger partial charge in [-0.3, -0.25) is 4.79 Å². The monoisotopic (exact) mass is 249 g/mol. The highest BCUT2D eigenvalue weighted by Crippen LogP contribution is 2.56. The summed E-state index contributed by atoms with van der Waals surface area (Å²) in [6, 6.07) is 0. The van der Waals surface area contributed by atoms with E-state index in [1.165, 1.54) is 32.1 Å². The van der Waals surface area contributed by atoms with Gasteiger partial charge < -0.3 is 10.0 Å². The van der Waals surface area contributed by atoms with Gasteiger partial charge in [-0.15, -0.1) is 0 Å². The Labute approximate surface area is 109 Å². The standard InChI is InChI=1S/C15H23NO2/c17-13-1-2-16(8-13)15(18)14-11-4-9-3-10(6-11)7-12(14)5-9/h9-14,17H,1-8H2/t9?,10?,11?,12?,13-,14?/m1/s1. The Bertz CT molecular complexity index is 340. The average Bonchev–Trinajstić information content (AvgIpc) is 2.74. The van der Waals surface area contributed by atoms with Crippen LogP contribution in [0, 0.1) is 29.6 Å². The molecule has 1 N–H and O–H groups in total. The van der Waals surface area contributed by atoms with Crippen molar-refractivity contribution in [2.45, 2.75) is 44.6 Å². The summed E-state index contributed by atoms with van der Waals surface area (Å²) in [5.74, 6) is 3.89. The minimum Gasteiger partial charge on any atom is -0.391 e. The van der Waals surface area contributed by atoms with Gasteiger partial charge in [0.15, 0.2) is 0 Å². The van der Waals surface area contributed by atoms with Crippen molar-refractivity contribution in [2.75, 3.05) is 13.1 Å². The molecule has 1 atom stereocenters. The van der Waals surface area contributed by atoms with E-state index in [1.54, 1.807) is 0 Å². The van der Waals surface area contributed by atoms with E-state index in [1.807, 2.05) is 4.90 Å². The molecule has 100 valence electrons. The fraction of sp³-hybridized carbons (Fsp3) is 0.933. The predicted octanol–water partition coefficient (Wildman–Crippen LogP) is 1.65. The molecule has 0 aromatic carbocycles. The predicted molar refractivity (Wildman–Crippen MR) is 67.7 cm³/mol. The summed E-state index contributed by atoms with van der Waals surface area (Å²) in [6.45, 7) is 1.37. The van der Waals surface area contributed by atoms with Crippen LogP contribution in [0.1, 0.15) is 38.5 Å². The molecule has 3 nitrogen and oxygen atoms in total. The largest absolute Gasteiger partial charge is 0.391 e. The summed E-state index contributed by atoms with van der Waals surface area (Å²) < 4.78 is 0. The smallest absolute Gasteiger partial charge is 0.226 e. The van der Waals surface area contributed by atoms with E-state index < -0.39 is 0 Å². The molecule has 3 heteroatoms. The second kappa shape index (κ2) is 3.96. The van der Waals surface area contributed by atoms with Gasteiger partial charge in [-0.25, -0.2) is 0 Å². The Morgan fingerprint density at radius 3 is 2.11 bits per heavy atom. The van der Waals surface area contributed by atoms with Crippen molar-refractivity contribution in [3.05, 3.63) is 0 Å². The quantitative estimate of drug-likeness (QED) is 0.767. The maximum atomic E-state index is 12.7. The second-order valence-electron chi connectivity index (χ2n) is 7.18. The van der Waals surface area contributed by atoms with E-state index in [0.29, 0.717) is 30.2 Å². The van der Waals surface area contributed by atoms with E-state index >= 15 is 0 Å². The molecule has 0 radical (unpaired) electrons. The third-order valence-electron chi connectivity index (χ3n) is 5.99. The summed E-state index contributed by atoms with van der Waals surface area (Å²) in [4.78, 5) is 14.6. The first-order chi connectivity index (χ1) is 8.70. The van der Waals surface area contributed by atoms with Crippen LogP contribution in [-0.4, -0.2) is 35.1 Å². The van der Waals surface area contributed by atoms with Crippen LogP contribution in [0.25, 0.3) is 0 Å². The minimum absolute atomic E-state index is 0.272. The lowest BCUT2D eigenvalue weighted by Crippen LogP contribution is -2.51. The third-order valence-corrected chi connectivity index (χ3v) is 5.99. The van der Waals surface area contributed by atoms with Crippen molar-refractivity contribution in [1.82, 2.24) is 4.90 Å². The number of carbonyl (C=O) groups is 1. The average molecular weight is 249 g/mol. The zero-order valence-electron chi connectivity index (χ0n) is 10.9. The first-order valence-electron chi connectivity index (χ1n) is 7.67. The molecule has 1 heterocycles. The lowest BCUT2D eigenvalue weighted by Gasteiger charge is -2.54. The van der Waals surface area contributed by atoms with Gasteiger partial charge in [-0.2, -0.15) is 0 Å². The SMILES string of the molecule is O=C(C1C2CC3CC(C2)CC1C3)N1CC[C@@H](O)C1. The van der Waals surface area contributed by atoms with Crippen molar-refractivity contribution >= 4 is 5.91 Å². The van der Waals surface area contributed by atoms with Gasteiger partial charge in [0, 0.05) is 19.0 Å². The zero-order valence-corrected chi connectivity index (χ0v) is 10.9. The lowest BCUT2D eigenvalue weighted by molar-refractivity contribution is -0.148. The van der Waals surface area contributed by atoms with E-state index in [2.05, 4.69) is 0 Å². The number of hydrogen-bond donors (Lipinski definition) is 1. The lowest BCUT2D eigenvalue weighted by atomic mass is 9.51. The molecular formula is C15H23NO2. The Morgan fingerprint density at radius 2 is 1.61 bits per heavy atom. The molecule has 0 aromatic rings. The highest BCUT2D eigenvalue weighted by molar-refractivity contribution is 5.80. The molecule has 5 rings (SSSR count). The van der Waals surface area contributed by atoms with Gasteiger partial charge in [-0.05, 0) is 62.2 Å². The van der Waals surface area contributed by atoms with E-state index in [-0.39, 0.29) is 6.10 Å². The van der Waals surface area contributed by atoms with Crippen LogP contribution < -0.4 is 0 Å². The maximum absolute atomic E-state index is 12.7. The van der Waals surface area contributed by atoms with E-state index in [9.17, 15) is 9.90 Å². The number of β-amino-alcohol motifs (C(OH)–C–C–N with tert-alkyl or cyclic N) is 1. The molecular weight excluding hydrogens is 226 g/mol. The molecule has 1 aliphatic heterocycles. The third kappa shape index (κ3) is 1.63. The normalized spacial score (nSPS) is 49.9. The van der Waals surface area contributed by atoms with Gasteiger partial charge in [0.25, 0.3) is 0 Å².